The lowest BCUT2D eigenvalue weighted by molar-refractivity contribution is 0.0970. The topological polar surface area (TPSA) is 72.6 Å². The molecule has 2 aromatic heterocycles. The maximum absolute atomic E-state index is 13.7. The number of ether oxygens (including phenoxy) is 1. The van der Waals surface area contributed by atoms with Gasteiger partial charge in [-0.05, 0) is 61.4 Å². The summed E-state index contributed by atoms with van der Waals surface area (Å²) in [5.41, 5.74) is 1.79. The first-order chi connectivity index (χ1) is 16.5. The molecule has 3 heterocycles. The van der Waals surface area contributed by atoms with Crippen molar-refractivity contribution in [1.29, 1.82) is 0 Å². The van der Waals surface area contributed by atoms with Crippen LogP contribution in [0.15, 0.2) is 69.9 Å². The van der Waals surface area contributed by atoms with Crippen molar-refractivity contribution in [2.45, 2.75) is 32.7 Å². The standard InChI is InChI=1S/C27H23ClN2O4/c1-3-4-13-33-19-9-6-8-17(14-19)24-23-25(31)20-15-18(28)11-12-21(20)34-26(23)27(32)30(24)22-10-5-7-16(2)29-22/h5-12,14-15,24H,3-4,13H2,1-2H3. The molecular formula is C27H23ClN2O4. The number of hydrogen-bond donors (Lipinski definition) is 0. The van der Waals surface area contributed by atoms with Gasteiger partial charge in [-0.25, -0.2) is 4.98 Å². The molecule has 0 saturated heterocycles. The van der Waals surface area contributed by atoms with E-state index >= 15 is 0 Å². The van der Waals surface area contributed by atoms with Gasteiger partial charge in [0, 0.05) is 10.7 Å². The molecule has 4 aromatic rings. The van der Waals surface area contributed by atoms with Crippen molar-refractivity contribution in [2.24, 2.45) is 0 Å². The van der Waals surface area contributed by atoms with Crippen molar-refractivity contribution in [3.05, 3.63) is 98.5 Å². The maximum Gasteiger partial charge on any atom is 0.296 e. The molecular weight excluding hydrogens is 452 g/mol. The van der Waals surface area contributed by atoms with Gasteiger partial charge in [0.05, 0.1) is 23.6 Å². The van der Waals surface area contributed by atoms with E-state index < -0.39 is 11.9 Å². The van der Waals surface area contributed by atoms with Crippen LogP contribution in [-0.4, -0.2) is 17.5 Å². The van der Waals surface area contributed by atoms with Crippen LogP contribution in [0.25, 0.3) is 11.0 Å². The van der Waals surface area contributed by atoms with Crippen LogP contribution in [0.3, 0.4) is 0 Å². The smallest absolute Gasteiger partial charge is 0.296 e. The second kappa shape index (κ2) is 8.95. The zero-order valence-corrected chi connectivity index (χ0v) is 19.6. The van der Waals surface area contributed by atoms with Crippen LogP contribution >= 0.6 is 11.6 Å². The highest BCUT2D eigenvalue weighted by Crippen LogP contribution is 2.41. The molecule has 34 heavy (non-hydrogen) atoms. The number of anilines is 1. The molecule has 1 atom stereocenters. The van der Waals surface area contributed by atoms with Gasteiger partial charge in [-0.1, -0.05) is 43.1 Å². The number of pyridine rings is 1. The molecule has 2 aromatic carbocycles. The number of hydrogen-bond acceptors (Lipinski definition) is 5. The third-order valence-corrected chi connectivity index (χ3v) is 6.13. The first-order valence-electron chi connectivity index (χ1n) is 11.2. The molecule has 0 aliphatic carbocycles. The molecule has 1 unspecified atom stereocenters. The molecule has 0 radical (unpaired) electrons. The van der Waals surface area contributed by atoms with E-state index in [0.717, 1.165) is 24.1 Å². The fourth-order valence-corrected chi connectivity index (χ4v) is 4.44. The average Bonchev–Trinajstić information content (AvgIpc) is 3.12. The van der Waals surface area contributed by atoms with Gasteiger partial charge >= 0.3 is 0 Å². The summed E-state index contributed by atoms with van der Waals surface area (Å²) in [4.78, 5) is 33.4. The summed E-state index contributed by atoms with van der Waals surface area (Å²) in [6.45, 7) is 4.55. The van der Waals surface area contributed by atoms with Gasteiger partial charge in [0.1, 0.15) is 17.2 Å². The lowest BCUT2D eigenvalue weighted by Gasteiger charge is -2.24. The number of benzene rings is 2. The van der Waals surface area contributed by atoms with E-state index in [9.17, 15) is 9.59 Å². The molecule has 0 N–H and O–H groups in total. The van der Waals surface area contributed by atoms with Crippen LogP contribution in [0.1, 0.15) is 53.2 Å². The molecule has 5 rings (SSSR count). The Labute approximate surface area is 201 Å². The van der Waals surface area contributed by atoms with E-state index in [1.54, 1.807) is 24.3 Å². The Morgan fingerprint density at radius 2 is 1.91 bits per heavy atom. The summed E-state index contributed by atoms with van der Waals surface area (Å²) in [5.74, 6) is 0.729. The van der Waals surface area contributed by atoms with E-state index in [1.807, 2.05) is 43.3 Å². The quantitative estimate of drug-likeness (QED) is 0.317. The predicted octanol–water partition coefficient (Wildman–Crippen LogP) is 6.08. The van der Waals surface area contributed by atoms with Crippen molar-refractivity contribution in [1.82, 2.24) is 4.98 Å². The van der Waals surface area contributed by atoms with Gasteiger partial charge in [-0.2, -0.15) is 0 Å². The summed E-state index contributed by atoms with van der Waals surface area (Å²) in [7, 11) is 0. The highest BCUT2D eigenvalue weighted by molar-refractivity contribution is 6.31. The number of carbonyl (C=O) groups is 1. The number of amides is 1. The summed E-state index contributed by atoms with van der Waals surface area (Å²) in [6.07, 6.45) is 1.96. The number of nitrogens with zero attached hydrogens (tertiary/aromatic N) is 2. The first-order valence-corrected chi connectivity index (χ1v) is 11.6. The molecule has 0 spiro atoms. The summed E-state index contributed by atoms with van der Waals surface area (Å²) in [6, 6.07) is 17.0. The Hall–Kier alpha value is -3.64. The monoisotopic (exact) mass is 474 g/mol. The van der Waals surface area contributed by atoms with Crippen molar-refractivity contribution in [2.75, 3.05) is 11.5 Å². The van der Waals surface area contributed by atoms with Crippen LogP contribution in [0, 0.1) is 6.92 Å². The first kappa shape index (κ1) is 22.2. The third-order valence-electron chi connectivity index (χ3n) is 5.89. The number of halogens is 1. The van der Waals surface area contributed by atoms with Gasteiger partial charge in [0.25, 0.3) is 5.91 Å². The van der Waals surface area contributed by atoms with Crippen LogP contribution in [-0.2, 0) is 0 Å². The minimum absolute atomic E-state index is 0.0189. The zero-order chi connectivity index (χ0) is 23.8. The van der Waals surface area contributed by atoms with Gasteiger partial charge in [0.2, 0.25) is 5.76 Å². The van der Waals surface area contributed by atoms with Crippen molar-refractivity contribution >= 4 is 34.3 Å². The van der Waals surface area contributed by atoms with Gasteiger partial charge in [0.15, 0.2) is 5.43 Å². The molecule has 7 heteroatoms. The maximum atomic E-state index is 13.7. The Morgan fingerprint density at radius 1 is 1.09 bits per heavy atom. The molecule has 1 aliphatic rings. The normalized spacial score (nSPS) is 15.1. The van der Waals surface area contributed by atoms with E-state index in [-0.39, 0.29) is 16.8 Å². The van der Waals surface area contributed by atoms with Crippen LogP contribution in [0.5, 0.6) is 5.75 Å². The molecule has 0 bridgehead atoms. The summed E-state index contributed by atoms with van der Waals surface area (Å²) >= 11 is 6.16. The number of rotatable bonds is 6. The van der Waals surface area contributed by atoms with Gasteiger partial charge < -0.3 is 9.15 Å². The van der Waals surface area contributed by atoms with Crippen molar-refractivity contribution in [3.8, 4) is 5.75 Å². The number of unbranched alkanes of at least 4 members (excludes halogenated alkanes) is 1. The Bertz CT molecular complexity index is 1460. The van der Waals surface area contributed by atoms with Crippen LogP contribution < -0.4 is 15.1 Å². The van der Waals surface area contributed by atoms with Crippen molar-refractivity contribution < 1.29 is 13.9 Å². The minimum atomic E-state index is -0.717. The van der Waals surface area contributed by atoms with Crippen LogP contribution in [0.2, 0.25) is 5.02 Å². The number of fused-ring (bicyclic) bond motifs is 2. The predicted molar refractivity (Wildman–Crippen MR) is 132 cm³/mol. The highest BCUT2D eigenvalue weighted by Gasteiger charge is 2.44. The molecule has 0 fully saturated rings. The Kier molecular flexibility index (Phi) is 5.84. The molecule has 1 aliphatic heterocycles. The SMILES string of the molecule is CCCCOc1cccc(C2c3c(oc4ccc(Cl)cc4c3=O)C(=O)N2c2cccc(C)n2)c1. The largest absolute Gasteiger partial charge is 0.494 e. The third kappa shape index (κ3) is 3.84. The second-order valence-corrected chi connectivity index (χ2v) is 8.74. The molecule has 172 valence electrons. The fourth-order valence-electron chi connectivity index (χ4n) is 4.27. The van der Waals surface area contributed by atoms with Gasteiger partial charge in [-0.3, -0.25) is 14.5 Å². The van der Waals surface area contributed by atoms with Crippen LogP contribution in [0.4, 0.5) is 5.82 Å². The number of aromatic nitrogens is 1. The Balaban J connectivity index is 1.72. The second-order valence-electron chi connectivity index (χ2n) is 8.30. The Morgan fingerprint density at radius 3 is 2.71 bits per heavy atom. The lowest BCUT2D eigenvalue weighted by Crippen LogP contribution is -2.30. The van der Waals surface area contributed by atoms with Gasteiger partial charge in [-0.15, -0.1) is 0 Å². The fraction of sp³-hybridized carbons (Fsp3) is 0.222. The zero-order valence-electron chi connectivity index (χ0n) is 18.9. The summed E-state index contributed by atoms with van der Waals surface area (Å²) < 4.78 is 11.9. The molecule has 6 nitrogen and oxygen atoms in total. The number of aryl methyl sites for hydroxylation is 1. The lowest BCUT2D eigenvalue weighted by atomic mass is 9.98. The van der Waals surface area contributed by atoms with E-state index in [2.05, 4.69) is 11.9 Å². The number of carbonyl (C=O) groups excluding carboxylic acids is 1. The van der Waals surface area contributed by atoms with E-state index in [0.29, 0.717) is 34.2 Å². The molecule has 0 saturated carbocycles. The summed E-state index contributed by atoms with van der Waals surface area (Å²) in [5, 5.41) is 0.752. The van der Waals surface area contributed by atoms with E-state index in [4.69, 9.17) is 20.8 Å². The highest BCUT2D eigenvalue weighted by atomic mass is 35.5. The minimum Gasteiger partial charge on any atom is -0.494 e. The average molecular weight is 475 g/mol. The van der Waals surface area contributed by atoms with E-state index in [1.165, 1.54) is 4.90 Å². The molecule has 1 amide bonds. The van der Waals surface area contributed by atoms with Crippen molar-refractivity contribution in [3.63, 3.8) is 0 Å².